The zero-order chi connectivity index (χ0) is 28.2. The maximum absolute atomic E-state index is 13.4. The van der Waals surface area contributed by atoms with Gasteiger partial charge in [-0.05, 0) is 69.7 Å². The number of amides is 1. The summed E-state index contributed by atoms with van der Waals surface area (Å²) in [5, 5.41) is 5.29. The van der Waals surface area contributed by atoms with Crippen LogP contribution in [0.2, 0.25) is 0 Å². The van der Waals surface area contributed by atoms with E-state index in [1.165, 1.54) is 58.1 Å². The predicted molar refractivity (Wildman–Crippen MR) is 157 cm³/mol. The summed E-state index contributed by atoms with van der Waals surface area (Å²) in [5.74, 6) is 2.63. The summed E-state index contributed by atoms with van der Waals surface area (Å²) in [5.41, 5.74) is 1.20. The Labute approximate surface area is 241 Å². The first-order valence-electron chi connectivity index (χ1n) is 15.2. The van der Waals surface area contributed by atoms with Crippen LogP contribution in [0.1, 0.15) is 55.3 Å². The summed E-state index contributed by atoms with van der Waals surface area (Å²) >= 11 is 0. The average molecular weight is 560 g/mol. The number of anilines is 1. The second-order valence-electron chi connectivity index (χ2n) is 11.8. The number of carbonyl (C=O) groups excluding carboxylic acids is 2. The molecule has 0 N–H and O–H groups in total. The van der Waals surface area contributed by atoms with Crippen molar-refractivity contribution in [1.29, 1.82) is 0 Å². The van der Waals surface area contributed by atoms with Crippen molar-refractivity contribution < 1.29 is 14.3 Å². The number of methoxy groups -OCH3 is 1. The van der Waals surface area contributed by atoms with E-state index < -0.39 is 0 Å². The monoisotopic (exact) mass is 559 g/mol. The van der Waals surface area contributed by atoms with E-state index in [-0.39, 0.29) is 18.2 Å². The molecule has 10 heteroatoms. The molecular weight excluding hydrogens is 518 g/mol. The third-order valence-corrected chi connectivity index (χ3v) is 9.15. The number of piperidine rings is 1. The quantitative estimate of drug-likeness (QED) is 0.386. The first-order valence-corrected chi connectivity index (χ1v) is 15.2. The Hall–Kier alpha value is -3.53. The van der Waals surface area contributed by atoms with E-state index in [4.69, 9.17) is 4.74 Å². The second kappa shape index (κ2) is 12.5. The Balaban J connectivity index is 1.03. The predicted octanol–water partition coefficient (Wildman–Crippen LogP) is 3.66. The van der Waals surface area contributed by atoms with Crippen LogP contribution in [0.15, 0.2) is 36.8 Å². The molecule has 2 aromatic heterocycles. The number of ether oxygens (including phenoxy) is 1. The van der Waals surface area contributed by atoms with Crippen molar-refractivity contribution in [3.8, 4) is 5.75 Å². The topological polar surface area (TPSA) is 96.7 Å². The lowest BCUT2D eigenvalue weighted by molar-refractivity contribution is -0.137. The molecule has 3 aromatic rings. The van der Waals surface area contributed by atoms with Crippen LogP contribution in [0, 0.1) is 11.8 Å². The minimum Gasteiger partial charge on any atom is -0.497 e. The van der Waals surface area contributed by atoms with E-state index in [2.05, 4.69) is 29.8 Å². The fraction of sp³-hybridized carbons (Fsp3) is 0.581. The Morgan fingerprint density at radius 2 is 1.73 bits per heavy atom. The molecule has 0 bridgehead atoms. The summed E-state index contributed by atoms with van der Waals surface area (Å²) in [7, 11) is 1.58. The molecule has 3 fully saturated rings. The van der Waals surface area contributed by atoms with E-state index in [0.717, 1.165) is 43.1 Å². The van der Waals surface area contributed by atoms with Gasteiger partial charge in [-0.15, -0.1) is 0 Å². The molecule has 10 nitrogen and oxygen atoms in total. The zero-order valence-corrected chi connectivity index (χ0v) is 24.1. The minimum absolute atomic E-state index is 0.0679. The molecule has 0 spiro atoms. The highest BCUT2D eigenvalue weighted by Gasteiger charge is 2.32. The Kier molecular flexibility index (Phi) is 8.46. The number of carbonyl (C=O) groups is 2. The Morgan fingerprint density at radius 3 is 2.49 bits per heavy atom. The van der Waals surface area contributed by atoms with Gasteiger partial charge in [0.25, 0.3) is 0 Å². The van der Waals surface area contributed by atoms with Gasteiger partial charge in [0, 0.05) is 44.2 Å². The van der Waals surface area contributed by atoms with Crippen LogP contribution >= 0.6 is 0 Å². The van der Waals surface area contributed by atoms with Gasteiger partial charge in [0.1, 0.15) is 24.4 Å². The number of nitrogens with zero attached hydrogens (tertiary/aromatic N) is 7. The van der Waals surface area contributed by atoms with Crippen molar-refractivity contribution in [2.75, 3.05) is 57.8 Å². The van der Waals surface area contributed by atoms with E-state index in [1.807, 2.05) is 6.07 Å². The van der Waals surface area contributed by atoms with Crippen molar-refractivity contribution >= 4 is 28.5 Å². The number of rotatable bonds is 8. The lowest BCUT2D eigenvalue weighted by Crippen LogP contribution is -2.51. The largest absolute Gasteiger partial charge is 0.497 e. The summed E-state index contributed by atoms with van der Waals surface area (Å²) in [6.45, 7) is 6.63. The molecule has 2 aliphatic heterocycles. The molecule has 1 amide bonds. The van der Waals surface area contributed by atoms with E-state index >= 15 is 0 Å². The number of likely N-dealkylation sites (tertiary alicyclic amines) is 1. The van der Waals surface area contributed by atoms with Crippen molar-refractivity contribution in [3.63, 3.8) is 0 Å². The molecule has 218 valence electrons. The minimum atomic E-state index is -0.0679. The van der Waals surface area contributed by atoms with Crippen molar-refractivity contribution in [3.05, 3.63) is 42.4 Å². The molecule has 0 unspecified atom stereocenters. The van der Waals surface area contributed by atoms with Crippen LogP contribution in [0.3, 0.4) is 0 Å². The zero-order valence-electron chi connectivity index (χ0n) is 24.1. The molecule has 6 rings (SSSR count). The fourth-order valence-corrected chi connectivity index (χ4v) is 6.77. The Bertz CT molecular complexity index is 1350. The van der Waals surface area contributed by atoms with Crippen molar-refractivity contribution in [2.24, 2.45) is 11.8 Å². The highest BCUT2D eigenvalue weighted by Crippen LogP contribution is 2.32. The van der Waals surface area contributed by atoms with E-state index in [0.29, 0.717) is 36.0 Å². The molecular formula is C31H41N7O3. The summed E-state index contributed by atoms with van der Waals surface area (Å²) in [6.07, 6.45) is 11.7. The summed E-state index contributed by atoms with van der Waals surface area (Å²) in [4.78, 5) is 42.2. The van der Waals surface area contributed by atoms with Crippen molar-refractivity contribution in [1.82, 2.24) is 29.5 Å². The highest BCUT2D eigenvalue weighted by molar-refractivity contribution is 5.97. The third-order valence-electron chi connectivity index (χ3n) is 9.15. The summed E-state index contributed by atoms with van der Waals surface area (Å²) in [6, 6.07) is 7.13. The molecule has 2 saturated heterocycles. The number of aromatic nitrogens is 4. The van der Waals surface area contributed by atoms with Crippen LogP contribution in [0.4, 0.5) is 5.82 Å². The third kappa shape index (κ3) is 6.22. The molecule has 1 aliphatic carbocycles. The lowest BCUT2D eigenvalue weighted by Gasteiger charge is -2.39. The Morgan fingerprint density at radius 1 is 0.951 bits per heavy atom. The molecule has 4 heterocycles. The number of hydrogen-bond donors (Lipinski definition) is 0. The van der Waals surface area contributed by atoms with Gasteiger partial charge in [0.2, 0.25) is 5.91 Å². The van der Waals surface area contributed by atoms with E-state index in [9.17, 15) is 9.59 Å². The number of piperazine rings is 1. The van der Waals surface area contributed by atoms with Gasteiger partial charge in [0.15, 0.2) is 11.4 Å². The number of hydrogen-bond acceptors (Lipinski definition) is 8. The van der Waals surface area contributed by atoms with Crippen LogP contribution < -0.4 is 9.64 Å². The van der Waals surface area contributed by atoms with Crippen LogP contribution in [-0.2, 0) is 11.3 Å². The number of Topliss-reactive ketones (excluding diaryl/α,β-unsaturated/α-hetero) is 1. The van der Waals surface area contributed by atoms with Gasteiger partial charge >= 0.3 is 0 Å². The molecule has 1 aromatic carbocycles. The highest BCUT2D eigenvalue weighted by atomic mass is 16.5. The van der Waals surface area contributed by atoms with Crippen molar-refractivity contribution in [2.45, 2.75) is 51.5 Å². The van der Waals surface area contributed by atoms with Gasteiger partial charge < -0.3 is 19.4 Å². The number of ketones is 1. The smallest absolute Gasteiger partial charge is 0.225 e. The SMILES string of the molecule is COc1cccc(C(=O)Cn2ncc3c(N4CCN(C(=O)C5CCC(CN6CCCCC6)CC5)CC4)ncnc32)c1. The van der Waals surface area contributed by atoms with Gasteiger partial charge in [-0.3, -0.25) is 9.59 Å². The van der Waals surface area contributed by atoms with Crippen LogP contribution in [-0.4, -0.2) is 94.2 Å². The van der Waals surface area contributed by atoms with Gasteiger partial charge in [0.05, 0.1) is 18.7 Å². The molecule has 3 aliphatic rings. The first-order chi connectivity index (χ1) is 20.1. The van der Waals surface area contributed by atoms with Gasteiger partial charge in [-0.1, -0.05) is 18.6 Å². The van der Waals surface area contributed by atoms with E-state index in [1.54, 1.807) is 36.2 Å². The van der Waals surface area contributed by atoms with Crippen LogP contribution in [0.5, 0.6) is 5.75 Å². The first kappa shape index (κ1) is 27.6. The average Bonchev–Trinajstić information content (AvgIpc) is 3.44. The van der Waals surface area contributed by atoms with Gasteiger partial charge in [-0.2, -0.15) is 5.10 Å². The summed E-state index contributed by atoms with van der Waals surface area (Å²) < 4.78 is 6.88. The lowest BCUT2D eigenvalue weighted by atomic mass is 9.81. The number of fused-ring (bicyclic) bond motifs is 1. The second-order valence-corrected chi connectivity index (χ2v) is 11.8. The molecule has 1 saturated carbocycles. The molecule has 0 radical (unpaired) electrons. The normalized spacial score (nSPS) is 22.2. The standard InChI is InChI=1S/C31H41N7O3/c1-41-26-7-5-6-25(18-26)28(39)21-38-30-27(19-34-38)29(32-22-33-30)36-14-16-37(17-15-36)31(40)24-10-8-23(9-11-24)20-35-12-3-2-4-13-35/h5-7,18-19,22-24H,2-4,8-17,20-21H2,1H3. The van der Waals surface area contributed by atoms with Gasteiger partial charge in [-0.25, -0.2) is 14.6 Å². The maximum Gasteiger partial charge on any atom is 0.225 e. The molecule has 41 heavy (non-hydrogen) atoms. The van der Waals surface area contributed by atoms with Crippen LogP contribution in [0.25, 0.3) is 11.0 Å². The fourth-order valence-electron chi connectivity index (χ4n) is 6.77. The number of benzene rings is 1. The molecule has 0 atom stereocenters. The maximum atomic E-state index is 13.4.